The number of hydrogen-bond acceptors (Lipinski definition) is 3. The normalized spacial score (nSPS) is 15.9. The molecule has 1 fully saturated rings. The van der Waals surface area contributed by atoms with Crippen molar-refractivity contribution in [3.8, 4) is 0 Å². The zero-order valence-electron chi connectivity index (χ0n) is 18.5. The minimum atomic E-state index is -0.0223. The minimum Gasteiger partial charge on any atom is -0.379 e. The molecule has 3 N–H and O–H groups in total. The Morgan fingerprint density at radius 1 is 1.24 bits per heavy atom. The first-order valence-corrected chi connectivity index (χ1v) is 10.5. The van der Waals surface area contributed by atoms with Crippen LogP contribution in [0.15, 0.2) is 29.3 Å². The van der Waals surface area contributed by atoms with Crippen LogP contribution in [0.3, 0.4) is 0 Å². The third kappa shape index (κ3) is 7.57. The standard InChI is InChI=1S/C22H37N5O2/c1-6-23-20(25-16-19(29-5)22(2,3)4)24-15-17-10-9-11-18(14-17)26-21(28)27-12-7-8-13-27/h9-11,14,19H,6-8,12-13,15-16H2,1-5H3,(H,26,28)(H2,23,24,25). The number of benzene rings is 1. The molecule has 1 atom stereocenters. The Labute approximate surface area is 175 Å². The Bertz CT molecular complexity index is 678. The van der Waals surface area contributed by atoms with E-state index in [0.717, 1.165) is 49.7 Å². The number of aliphatic imine (C=N–C) groups is 1. The number of likely N-dealkylation sites (tertiary alicyclic amines) is 1. The molecule has 1 heterocycles. The highest BCUT2D eigenvalue weighted by molar-refractivity contribution is 5.89. The van der Waals surface area contributed by atoms with E-state index in [9.17, 15) is 4.79 Å². The van der Waals surface area contributed by atoms with E-state index in [4.69, 9.17) is 4.74 Å². The van der Waals surface area contributed by atoms with Crippen LogP contribution in [0, 0.1) is 5.41 Å². The second-order valence-electron chi connectivity index (χ2n) is 8.49. The van der Waals surface area contributed by atoms with E-state index in [1.165, 1.54) is 0 Å². The van der Waals surface area contributed by atoms with Crippen LogP contribution in [0.2, 0.25) is 0 Å². The number of carbonyl (C=O) groups is 1. The van der Waals surface area contributed by atoms with Crippen LogP contribution in [0.4, 0.5) is 10.5 Å². The molecule has 1 aromatic carbocycles. The van der Waals surface area contributed by atoms with E-state index < -0.39 is 0 Å². The lowest BCUT2D eigenvalue weighted by atomic mass is 9.89. The zero-order valence-corrected chi connectivity index (χ0v) is 18.5. The first-order valence-electron chi connectivity index (χ1n) is 10.5. The van der Waals surface area contributed by atoms with Gasteiger partial charge in [-0.05, 0) is 42.9 Å². The van der Waals surface area contributed by atoms with Crippen molar-refractivity contribution in [2.45, 2.75) is 53.2 Å². The van der Waals surface area contributed by atoms with Gasteiger partial charge in [0, 0.05) is 39.0 Å². The van der Waals surface area contributed by atoms with Gasteiger partial charge in [0.2, 0.25) is 0 Å². The molecule has 1 unspecified atom stereocenters. The number of hydrogen-bond donors (Lipinski definition) is 3. The molecule has 0 aromatic heterocycles. The highest BCUT2D eigenvalue weighted by atomic mass is 16.5. The van der Waals surface area contributed by atoms with E-state index in [1.807, 2.05) is 36.1 Å². The number of carbonyl (C=O) groups excluding carboxylic acids is 1. The lowest BCUT2D eigenvalue weighted by molar-refractivity contribution is 0.0205. The smallest absolute Gasteiger partial charge is 0.321 e. The fraction of sp³-hybridized carbons (Fsp3) is 0.636. The molecule has 1 saturated heterocycles. The SMILES string of the molecule is CCNC(=NCc1cccc(NC(=O)N2CCCC2)c1)NCC(OC)C(C)(C)C. The van der Waals surface area contributed by atoms with Crippen LogP contribution in [0.25, 0.3) is 0 Å². The Kier molecular flexibility index (Phi) is 8.76. The van der Waals surface area contributed by atoms with Crippen molar-refractivity contribution in [3.63, 3.8) is 0 Å². The number of ether oxygens (including phenoxy) is 1. The number of nitrogens with one attached hydrogen (secondary N) is 3. The summed E-state index contributed by atoms with van der Waals surface area (Å²) < 4.78 is 5.61. The lowest BCUT2D eigenvalue weighted by Crippen LogP contribution is -2.45. The van der Waals surface area contributed by atoms with Crippen molar-refractivity contribution in [2.24, 2.45) is 10.4 Å². The predicted octanol–water partition coefficient (Wildman–Crippen LogP) is 3.43. The van der Waals surface area contributed by atoms with Gasteiger partial charge in [0.1, 0.15) is 0 Å². The van der Waals surface area contributed by atoms with Crippen molar-refractivity contribution in [1.82, 2.24) is 15.5 Å². The largest absolute Gasteiger partial charge is 0.379 e. The maximum atomic E-state index is 12.3. The molecule has 0 spiro atoms. The van der Waals surface area contributed by atoms with E-state index in [2.05, 4.69) is 41.7 Å². The van der Waals surface area contributed by atoms with Gasteiger partial charge in [-0.2, -0.15) is 0 Å². The van der Waals surface area contributed by atoms with Crippen LogP contribution < -0.4 is 16.0 Å². The van der Waals surface area contributed by atoms with Crippen molar-refractivity contribution < 1.29 is 9.53 Å². The molecule has 1 aromatic rings. The first kappa shape index (κ1) is 23.0. The van der Waals surface area contributed by atoms with Gasteiger partial charge < -0.3 is 25.6 Å². The Morgan fingerprint density at radius 3 is 2.59 bits per heavy atom. The number of guanidine groups is 1. The highest BCUT2D eigenvalue weighted by Gasteiger charge is 2.24. The summed E-state index contributed by atoms with van der Waals surface area (Å²) in [7, 11) is 1.74. The Hall–Kier alpha value is -2.28. The van der Waals surface area contributed by atoms with Gasteiger partial charge in [-0.3, -0.25) is 0 Å². The lowest BCUT2D eigenvalue weighted by Gasteiger charge is -2.30. The maximum absolute atomic E-state index is 12.3. The van der Waals surface area contributed by atoms with E-state index in [-0.39, 0.29) is 17.6 Å². The quantitative estimate of drug-likeness (QED) is 0.481. The van der Waals surface area contributed by atoms with Gasteiger partial charge in [-0.15, -0.1) is 0 Å². The van der Waals surface area contributed by atoms with Crippen LogP contribution in [0.5, 0.6) is 0 Å². The molecular weight excluding hydrogens is 366 g/mol. The summed E-state index contributed by atoms with van der Waals surface area (Å²) in [6, 6.07) is 7.84. The summed E-state index contributed by atoms with van der Waals surface area (Å²) in [5, 5.41) is 9.64. The van der Waals surface area contributed by atoms with Crippen LogP contribution in [-0.2, 0) is 11.3 Å². The van der Waals surface area contributed by atoms with Gasteiger partial charge in [0.15, 0.2) is 5.96 Å². The molecule has 162 valence electrons. The Morgan fingerprint density at radius 2 is 1.97 bits per heavy atom. The maximum Gasteiger partial charge on any atom is 0.321 e. The van der Waals surface area contributed by atoms with Crippen molar-refractivity contribution in [3.05, 3.63) is 29.8 Å². The van der Waals surface area contributed by atoms with Gasteiger partial charge in [-0.25, -0.2) is 9.79 Å². The molecule has 1 aliphatic heterocycles. The monoisotopic (exact) mass is 403 g/mol. The molecule has 7 heteroatoms. The fourth-order valence-electron chi connectivity index (χ4n) is 3.31. The second kappa shape index (κ2) is 11.0. The number of amides is 2. The third-order valence-corrected chi connectivity index (χ3v) is 5.04. The topological polar surface area (TPSA) is 78.0 Å². The molecule has 29 heavy (non-hydrogen) atoms. The highest BCUT2D eigenvalue weighted by Crippen LogP contribution is 2.21. The molecule has 7 nitrogen and oxygen atoms in total. The molecule has 0 aliphatic carbocycles. The van der Waals surface area contributed by atoms with Gasteiger partial charge in [-0.1, -0.05) is 32.9 Å². The van der Waals surface area contributed by atoms with Crippen molar-refractivity contribution in [2.75, 3.05) is 38.6 Å². The molecule has 0 radical (unpaired) electrons. The molecule has 0 saturated carbocycles. The summed E-state index contributed by atoms with van der Waals surface area (Å²) in [4.78, 5) is 18.8. The average Bonchev–Trinajstić information content (AvgIpc) is 3.20. The Balaban J connectivity index is 1.96. The molecule has 0 bridgehead atoms. The average molecular weight is 404 g/mol. The summed E-state index contributed by atoms with van der Waals surface area (Å²) >= 11 is 0. The number of nitrogens with zero attached hydrogens (tertiary/aromatic N) is 2. The third-order valence-electron chi connectivity index (χ3n) is 5.04. The fourth-order valence-corrected chi connectivity index (χ4v) is 3.31. The van der Waals surface area contributed by atoms with Crippen molar-refractivity contribution >= 4 is 17.7 Å². The zero-order chi connectivity index (χ0) is 21.3. The summed E-state index contributed by atoms with van der Waals surface area (Å²) in [5.74, 6) is 0.755. The summed E-state index contributed by atoms with van der Waals surface area (Å²) in [6.45, 7) is 12.2. The molecule has 2 rings (SSSR count). The van der Waals surface area contributed by atoms with Gasteiger partial charge >= 0.3 is 6.03 Å². The second-order valence-corrected chi connectivity index (χ2v) is 8.49. The number of anilines is 1. The van der Waals surface area contributed by atoms with Crippen molar-refractivity contribution in [1.29, 1.82) is 0 Å². The van der Waals surface area contributed by atoms with E-state index in [0.29, 0.717) is 13.1 Å². The summed E-state index contributed by atoms with van der Waals surface area (Å²) in [6.07, 6.45) is 2.25. The molecule has 1 aliphatic rings. The van der Waals surface area contributed by atoms with Gasteiger partial charge in [0.25, 0.3) is 0 Å². The molecular formula is C22H37N5O2. The number of urea groups is 1. The van der Waals surface area contributed by atoms with Crippen LogP contribution in [-0.4, -0.2) is 56.3 Å². The van der Waals surface area contributed by atoms with Crippen LogP contribution in [0.1, 0.15) is 46.1 Å². The van der Waals surface area contributed by atoms with Crippen LogP contribution >= 0.6 is 0 Å². The number of rotatable bonds is 7. The number of methoxy groups -OCH3 is 1. The summed E-state index contributed by atoms with van der Waals surface area (Å²) in [5.41, 5.74) is 1.89. The first-order chi connectivity index (χ1) is 13.8. The predicted molar refractivity (Wildman–Crippen MR) is 119 cm³/mol. The van der Waals surface area contributed by atoms with E-state index >= 15 is 0 Å². The van der Waals surface area contributed by atoms with E-state index in [1.54, 1.807) is 7.11 Å². The molecule has 2 amide bonds. The minimum absolute atomic E-state index is 0.0223. The van der Waals surface area contributed by atoms with Gasteiger partial charge in [0.05, 0.1) is 12.6 Å².